The number of hydrogen-bond acceptors (Lipinski definition) is 0. The third kappa shape index (κ3) is 5.12. The lowest BCUT2D eigenvalue weighted by Gasteiger charge is -2.48. The van der Waals surface area contributed by atoms with E-state index in [4.69, 9.17) is 0 Å². The third-order valence-corrected chi connectivity index (χ3v) is 15.1. The van der Waals surface area contributed by atoms with Gasteiger partial charge in [0.15, 0.2) is 0 Å². The molecule has 0 saturated heterocycles. The average molecular weight is 619 g/mol. The standard InChI is InChI=1S/C46H66/c1-28-22-30(42(2,3)4)23-31(28)40(29-16-14-13-15-17-29)41-34-26-38-36(43(5,6)18-20-45(38,9)10)24-32(34)33-25-37-39(27-35(33)41)46(11,12)21-19-44(37,7)8/h13-17,24-28,30-35,40-41H,18-23H2,1-12H3. The van der Waals surface area contributed by atoms with Gasteiger partial charge in [0.05, 0.1) is 0 Å². The van der Waals surface area contributed by atoms with Gasteiger partial charge in [-0.25, -0.2) is 0 Å². The molecule has 0 heterocycles. The summed E-state index contributed by atoms with van der Waals surface area (Å²) in [5.41, 5.74) is 9.79. The number of allylic oxidation sites excluding steroid dienone is 8. The van der Waals surface area contributed by atoms with Crippen LogP contribution in [-0.2, 0) is 0 Å². The zero-order chi connectivity index (χ0) is 33.2. The Kier molecular flexibility index (Phi) is 7.53. The van der Waals surface area contributed by atoms with Crippen LogP contribution < -0.4 is 0 Å². The Morgan fingerprint density at radius 3 is 1.33 bits per heavy atom. The van der Waals surface area contributed by atoms with Crippen LogP contribution in [-0.4, -0.2) is 0 Å². The summed E-state index contributed by atoms with van der Waals surface area (Å²) in [5, 5.41) is 0. The van der Waals surface area contributed by atoms with Gasteiger partial charge in [-0.2, -0.15) is 0 Å². The topological polar surface area (TPSA) is 0 Å². The lowest BCUT2D eigenvalue weighted by molar-refractivity contribution is 0.188. The molecular formula is C46H66. The molecule has 7 rings (SSSR count). The number of fused-ring (bicyclic) bond motifs is 5. The second kappa shape index (κ2) is 10.6. The van der Waals surface area contributed by atoms with Gasteiger partial charge in [-0.15, -0.1) is 0 Å². The molecule has 6 aliphatic carbocycles. The van der Waals surface area contributed by atoms with Crippen molar-refractivity contribution in [1.82, 2.24) is 0 Å². The molecule has 4 fully saturated rings. The van der Waals surface area contributed by atoms with Crippen LogP contribution in [0.25, 0.3) is 0 Å². The molecule has 0 amide bonds. The van der Waals surface area contributed by atoms with Crippen LogP contribution in [0.3, 0.4) is 0 Å². The number of benzene rings is 1. The maximum absolute atomic E-state index is 2.91. The molecule has 1 aromatic rings. The van der Waals surface area contributed by atoms with Gasteiger partial charge in [-0.05, 0) is 147 Å². The predicted octanol–water partition coefficient (Wildman–Crippen LogP) is 13.0. The highest BCUT2D eigenvalue weighted by Gasteiger charge is 2.58. The summed E-state index contributed by atoms with van der Waals surface area (Å²) in [6, 6.07) is 11.9. The smallest absolute Gasteiger partial charge is 0.00909 e. The molecule has 4 saturated carbocycles. The maximum atomic E-state index is 2.91. The molecule has 1 aromatic carbocycles. The minimum absolute atomic E-state index is 0.250. The normalized spacial score (nSPS) is 39.0. The van der Waals surface area contributed by atoms with Crippen molar-refractivity contribution in [3.63, 3.8) is 0 Å². The van der Waals surface area contributed by atoms with E-state index in [1.807, 2.05) is 0 Å². The summed E-state index contributed by atoms with van der Waals surface area (Å²) >= 11 is 0. The lowest BCUT2D eigenvalue weighted by Crippen LogP contribution is -2.37. The monoisotopic (exact) mass is 619 g/mol. The zero-order valence-corrected chi connectivity index (χ0v) is 31.6. The second-order valence-corrected chi connectivity index (χ2v) is 20.9. The van der Waals surface area contributed by atoms with E-state index in [0.29, 0.717) is 40.9 Å². The van der Waals surface area contributed by atoms with E-state index in [9.17, 15) is 0 Å². The van der Waals surface area contributed by atoms with E-state index in [1.165, 1.54) is 38.5 Å². The summed E-state index contributed by atoms with van der Waals surface area (Å²) in [6.45, 7) is 30.5. The first kappa shape index (κ1) is 32.7. The van der Waals surface area contributed by atoms with E-state index in [2.05, 4.69) is 138 Å². The first-order valence-electron chi connectivity index (χ1n) is 19.3. The van der Waals surface area contributed by atoms with Crippen molar-refractivity contribution in [3.8, 4) is 0 Å². The van der Waals surface area contributed by atoms with Gasteiger partial charge < -0.3 is 0 Å². The molecule has 0 bridgehead atoms. The Hall–Kier alpha value is -1.82. The fourth-order valence-corrected chi connectivity index (χ4v) is 11.8. The summed E-state index contributed by atoms with van der Waals surface area (Å²) in [4.78, 5) is 0. The Morgan fingerprint density at radius 2 is 0.957 bits per heavy atom. The minimum Gasteiger partial charge on any atom is -0.0764 e. The van der Waals surface area contributed by atoms with Crippen molar-refractivity contribution in [2.45, 2.75) is 128 Å². The SMILES string of the molecule is CC1CC(C(C)(C)C)CC1C(c1ccccc1)C1C2C=C3C(=CC2C2C=C4C(=CC21)C(C)(C)CCC4(C)C)C(C)(C)CCC3(C)C. The number of rotatable bonds is 3. The van der Waals surface area contributed by atoms with Crippen LogP contribution in [0.4, 0.5) is 0 Å². The van der Waals surface area contributed by atoms with Gasteiger partial charge in [0.25, 0.3) is 0 Å². The first-order valence-corrected chi connectivity index (χ1v) is 19.3. The molecule has 0 aliphatic heterocycles. The van der Waals surface area contributed by atoms with Gasteiger partial charge in [-0.3, -0.25) is 0 Å². The molecule has 8 unspecified atom stereocenters. The van der Waals surface area contributed by atoms with Crippen molar-refractivity contribution in [1.29, 1.82) is 0 Å². The van der Waals surface area contributed by atoms with Crippen LogP contribution in [0, 0.1) is 74.4 Å². The quantitative estimate of drug-likeness (QED) is 0.316. The van der Waals surface area contributed by atoms with Crippen LogP contribution >= 0.6 is 0 Å². The van der Waals surface area contributed by atoms with Crippen LogP contribution in [0.15, 0.2) is 76.9 Å². The van der Waals surface area contributed by atoms with Crippen LogP contribution in [0.1, 0.15) is 133 Å². The van der Waals surface area contributed by atoms with Crippen molar-refractivity contribution in [3.05, 3.63) is 82.5 Å². The van der Waals surface area contributed by atoms with Gasteiger partial charge >= 0.3 is 0 Å². The first-order chi connectivity index (χ1) is 21.3. The molecule has 0 radical (unpaired) electrons. The van der Waals surface area contributed by atoms with E-state index in [0.717, 1.165) is 17.8 Å². The van der Waals surface area contributed by atoms with Crippen LogP contribution in [0.2, 0.25) is 0 Å². The van der Waals surface area contributed by atoms with Crippen molar-refractivity contribution in [2.24, 2.45) is 74.4 Å². The molecule has 0 N–H and O–H groups in total. The maximum Gasteiger partial charge on any atom is -0.00909 e. The Bertz CT molecular complexity index is 1400. The van der Waals surface area contributed by atoms with Gasteiger partial charge in [0.2, 0.25) is 0 Å². The summed E-state index contributed by atoms with van der Waals surface area (Å²) < 4.78 is 0. The zero-order valence-electron chi connectivity index (χ0n) is 31.6. The van der Waals surface area contributed by atoms with Crippen molar-refractivity contribution < 1.29 is 0 Å². The van der Waals surface area contributed by atoms with E-state index >= 15 is 0 Å². The Morgan fingerprint density at radius 1 is 0.565 bits per heavy atom. The second-order valence-electron chi connectivity index (χ2n) is 20.9. The molecule has 46 heavy (non-hydrogen) atoms. The fourth-order valence-electron chi connectivity index (χ4n) is 11.8. The third-order valence-electron chi connectivity index (χ3n) is 15.1. The highest BCUT2D eigenvalue weighted by molar-refractivity contribution is 5.52. The van der Waals surface area contributed by atoms with Crippen molar-refractivity contribution in [2.75, 3.05) is 0 Å². The summed E-state index contributed by atoms with van der Waals surface area (Å²) in [7, 11) is 0. The minimum atomic E-state index is 0.250. The number of hydrogen-bond donors (Lipinski definition) is 0. The molecule has 250 valence electrons. The molecule has 8 atom stereocenters. The molecule has 6 aliphatic rings. The summed E-state index contributed by atoms with van der Waals surface area (Å²) in [6.07, 6.45) is 19.5. The van der Waals surface area contributed by atoms with Gasteiger partial charge in [-0.1, -0.05) is 138 Å². The van der Waals surface area contributed by atoms with E-state index in [-0.39, 0.29) is 21.7 Å². The molecule has 0 heteroatoms. The highest BCUT2D eigenvalue weighted by Crippen LogP contribution is 2.67. The largest absolute Gasteiger partial charge is 0.0764 e. The summed E-state index contributed by atoms with van der Waals surface area (Å²) in [5.74, 6) is 5.87. The highest BCUT2D eigenvalue weighted by atomic mass is 14.6. The van der Waals surface area contributed by atoms with Gasteiger partial charge in [0, 0.05) is 0 Å². The molecule has 0 spiro atoms. The lowest BCUT2D eigenvalue weighted by atomic mass is 9.56. The van der Waals surface area contributed by atoms with E-state index in [1.54, 1.807) is 27.9 Å². The molecule has 0 nitrogen and oxygen atoms in total. The van der Waals surface area contributed by atoms with E-state index < -0.39 is 0 Å². The Balaban J connectivity index is 1.44. The predicted molar refractivity (Wildman–Crippen MR) is 197 cm³/mol. The fraction of sp³-hybridized carbons (Fsp3) is 0.696. The molecular weight excluding hydrogens is 553 g/mol. The molecule has 0 aromatic heterocycles. The van der Waals surface area contributed by atoms with Gasteiger partial charge in [0.1, 0.15) is 0 Å². The van der Waals surface area contributed by atoms with Crippen molar-refractivity contribution >= 4 is 0 Å². The van der Waals surface area contributed by atoms with Crippen LogP contribution in [0.5, 0.6) is 0 Å². The average Bonchev–Trinajstić information content (AvgIpc) is 3.52. The Labute approximate surface area is 283 Å².